The number of benzene rings is 2. The lowest BCUT2D eigenvalue weighted by atomic mass is 10.0. The number of rotatable bonds is 6. The van der Waals surface area contributed by atoms with Crippen molar-refractivity contribution in [2.24, 2.45) is 5.92 Å². The molecule has 4 heterocycles. The number of ether oxygens (including phenoxy) is 2. The normalized spacial score (nSPS) is 18.7. The molecule has 0 bridgehead atoms. The number of aromatic nitrogens is 2. The van der Waals surface area contributed by atoms with Crippen LogP contribution in [0.1, 0.15) is 25.3 Å². The Bertz CT molecular complexity index is 1300. The summed E-state index contributed by atoms with van der Waals surface area (Å²) < 4.78 is 10.9. The van der Waals surface area contributed by atoms with Crippen LogP contribution in [0.2, 0.25) is 0 Å². The molecule has 39 heavy (non-hydrogen) atoms. The molecule has 204 valence electrons. The standard InChI is InChI=1S/C29H35N7O2S/c1-21-6-5-11-36(19-21)27-17-26(35-14-12-34(13-15-35)23-7-3-2-4-8-23)31-28(32-27)33-29(39)30-18-22-9-10-24-25(16-22)38-20-37-24/h2-4,7-10,16-17,21H,5-6,11-15,18-20H2,1H3,(H2,30,31,32,33,39)/t21-/m1/s1. The average molecular weight is 546 g/mol. The van der Waals surface area contributed by atoms with Crippen molar-refractivity contribution in [1.29, 1.82) is 0 Å². The van der Waals surface area contributed by atoms with Gasteiger partial charge in [0.25, 0.3) is 0 Å². The van der Waals surface area contributed by atoms with Crippen molar-refractivity contribution in [1.82, 2.24) is 15.3 Å². The van der Waals surface area contributed by atoms with Crippen molar-refractivity contribution < 1.29 is 9.47 Å². The van der Waals surface area contributed by atoms with Gasteiger partial charge in [0.2, 0.25) is 12.7 Å². The predicted octanol–water partition coefficient (Wildman–Crippen LogP) is 4.25. The molecule has 2 aromatic carbocycles. The van der Waals surface area contributed by atoms with Gasteiger partial charge in [-0.1, -0.05) is 31.2 Å². The van der Waals surface area contributed by atoms with E-state index in [2.05, 4.69) is 68.7 Å². The molecule has 0 unspecified atom stereocenters. The van der Waals surface area contributed by atoms with Gasteiger partial charge in [0.15, 0.2) is 16.6 Å². The van der Waals surface area contributed by atoms with Gasteiger partial charge in [-0.05, 0) is 60.8 Å². The molecule has 0 radical (unpaired) electrons. The molecule has 0 spiro atoms. The summed E-state index contributed by atoms with van der Waals surface area (Å²) in [5, 5.41) is 7.01. The van der Waals surface area contributed by atoms with Crippen molar-refractivity contribution in [3.63, 3.8) is 0 Å². The lowest BCUT2D eigenvalue weighted by Crippen LogP contribution is -2.47. The third-order valence-corrected chi connectivity index (χ3v) is 7.77. The third-order valence-electron chi connectivity index (χ3n) is 7.52. The Morgan fingerprint density at radius 1 is 0.897 bits per heavy atom. The molecule has 0 saturated carbocycles. The zero-order valence-electron chi connectivity index (χ0n) is 22.3. The number of para-hydroxylation sites is 1. The number of hydrogen-bond donors (Lipinski definition) is 2. The minimum absolute atomic E-state index is 0.263. The molecule has 0 amide bonds. The molecule has 3 aliphatic heterocycles. The fourth-order valence-electron chi connectivity index (χ4n) is 5.41. The molecular formula is C29H35N7O2S. The van der Waals surface area contributed by atoms with Gasteiger partial charge < -0.3 is 34.8 Å². The van der Waals surface area contributed by atoms with Gasteiger partial charge in [-0.25, -0.2) is 0 Å². The molecule has 2 N–H and O–H groups in total. The maximum Gasteiger partial charge on any atom is 0.232 e. The summed E-state index contributed by atoms with van der Waals surface area (Å²) >= 11 is 5.63. The van der Waals surface area contributed by atoms with E-state index in [4.69, 9.17) is 31.7 Å². The summed E-state index contributed by atoms with van der Waals surface area (Å²) in [6.45, 7) is 8.83. The lowest BCUT2D eigenvalue weighted by Gasteiger charge is -2.37. The van der Waals surface area contributed by atoms with Crippen molar-refractivity contribution in [2.75, 3.05) is 66.1 Å². The largest absolute Gasteiger partial charge is 0.454 e. The second-order valence-corrected chi connectivity index (χ2v) is 10.8. The zero-order chi connectivity index (χ0) is 26.6. The van der Waals surface area contributed by atoms with Crippen molar-refractivity contribution in [3.8, 4) is 11.5 Å². The van der Waals surface area contributed by atoms with E-state index in [1.807, 2.05) is 18.2 Å². The SMILES string of the molecule is C[C@@H]1CCCN(c2cc(N3CCN(c4ccccc4)CC3)nc(NC(=S)NCc3ccc4c(c3)OCO4)n2)C1. The highest BCUT2D eigenvalue weighted by atomic mass is 32.1. The minimum Gasteiger partial charge on any atom is -0.454 e. The third kappa shape index (κ3) is 6.11. The van der Waals surface area contributed by atoms with Gasteiger partial charge in [0.1, 0.15) is 11.6 Å². The zero-order valence-corrected chi connectivity index (χ0v) is 23.1. The van der Waals surface area contributed by atoms with Crippen LogP contribution < -0.4 is 34.8 Å². The molecule has 3 aromatic rings. The van der Waals surface area contributed by atoms with Crippen LogP contribution in [0.25, 0.3) is 0 Å². The Labute approximate surface area is 235 Å². The predicted molar refractivity (Wildman–Crippen MR) is 159 cm³/mol. The Kier molecular flexibility index (Phi) is 7.53. The van der Waals surface area contributed by atoms with Crippen LogP contribution in [-0.2, 0) is 6.54 Å². The Morgan fingerprint density at radius 3 is 2.44 bits per heavy atom. The van der Waals surface area contributed by atoms with Crippen LogP contribution in [0, 0.1) is 5.92 Å². The number of nitrogens with one attached hydrogen (secondary N) is 2. The van der Waals surface area contributed by atoms with Gasteiger partial charge in [-0.2, -0.15) is 9.97 Å². The van der Waals surface area contributed by atoms with Gasteiger partial charge in [-0.15, -0.1) is 0 Å². The van der Waals surface area contributed by atoms with E-state index in [0.29, 0.717) is 23.5 Å². The van der Waals surface area contributed by atoms with Crippen molar-refractivity contribution in [2.45, 2.75) is 26.3 Å². The van der Waals surface area contributed by atoms with E-state index in [9.17, 15) is 0 Å². The Morgan fingerprint density at radius 2 is 1.64 bits per heavy atom. The van der Waals surface area contributed by atoms with E-state index < -0.39 is 0 Å². The fraction of sp³-hybridized carbons (Fsp3) is 0.414. The fourth-order valence-corrected chi connectivity index (χ4v) is 5.57. The van der Waals surface area contributed by atoms with Crippen LogP contribution >= 0.6 is 12.2 Å². The summed E-state index contributed by atoms with van der Waals surface area (Å²) in [5.41, 5.74) is 2.32. The number of piperidine rings is 1. The van der Waals surface area contributed by atoms with Crippen molar-refractivity contribution in [3.05, 3.63) is 60.2 Å². The van der Waals surface area contributed by atoms with E-state index in [0.717, 1.165) is 68.0 Å². The number of thiocarbonyl (C=S) groups is 1. The average Bonchev–Trinajstić information content (AvgIpc) is 3.45. The Hall–Kier alpha value is -3.79. The molecule has 1 aromatic heterocycles. The summed E-state index contributed by atoms with van der Waals surface area (Å²) in [6, 6.07) is 18.7. The van der Waals surface area contributed by atoms with Gasteiger partial charge in [0.05, 0.1) is 0 Å². The Balaban J connectivity index is 1.15. The molecule has 9 nitrogen and oxygen atoms in total. The number of fused-ring (bicyclic) bond motifs is 1. The first-order valence-corrected chi connectivity index (χ1v) is 14.1. The molecule has 10 heteroatoms. The molecule has 6 rings (SSSR count). The number of piperazine rings is 1. The van der Waals surface area contributed by atoms with Crippen LogP contribution in [0.4, 0.5) is 23.3 Å². The first kappa shape index (κ1) is 25.5. The smallest absolute Gasteiger partial charge is 0.232 e. The highest BCUT2D eigenvalue weighted by molar-refractivity contribution is 7.80. The molecule has 3 aliphatic rings. The van der Waals surface area contributed by atoms with E-state index >= 15 is 0 Å². The number of nitrogens with zero attached hydrogens (tertiary/aromatic N) is 5. The monoisotopic (exact) mass is 545 g/mol. The number of anilines is 4. The summed E-state index contributed by atoms with van der Waals surface area (Å²) in [5.74, 6) is 4.60. The molecule has 1 atom stereocenters. The van der Waals surface area contributed by atoms with Crippen LogP contribution in [-0.4, -0.2) is 61.1 Å². The van der Waals surface area contributed by atoms with Gasteiger partial charge >= 0.3 is 0 Å². The quantitative estimate of drug-likeness (QED) is 0.439. The molecular weight excluding hydrogens is 510 g/mol. The lowest BCUT2D eigenvalue weighted by molar-refractivity contribution is 0.174. The van der Waals surface area contributed by atoms with Gasteiger partial charge in [-0.3, -0.25) is 0 Å². The van der Waals surface area contributed by atoms with Crippen LogP contribution in [0.5, 0.6) is 11.5 Å². The van der Waals surface area contributed by atoms with E-state index in [1.54, 1.807) is 0 Å². The summed E-state index contributed by atoms with van der Waals surface area (Å²) in [7, 11) is 0. The second-order valence-electron chi connectivity index (χ2n) is 10.4. The number of hydrogen-bond acceptors (Lipinski definition) is 8. The molecule has 2 fully saturated rings. The first-order chi connectivity index (χ1) is 19.1. The maximum atomic E-state index is 5.63. The summed E-state index contributed by atoms with van der Waals surface area (Å²) in [4.78, 5) is 17.0. The maximum absolute atomic E-state index is 5.63. The molecule has 0 aliphatic carbocycles. The highest BCUT2D eigenvalue weighted by Gasteiger charge is 2.23. The van der Waals surface area contributed by atoms with Crippen LogP contribution in [0.3, 0.4) is 0 Å². The van der Waals surface area contributed by atoms with E-state index in [-0.39, 0.29) is 6.79 Å². The summed E-state index contributed by atoms with van der Waals surface area (Å²) in [6.07, 6.45) is 2.43. The first-order valence-electron chi connectivity index (χ1n) is 13.7. The highest BCUT2D eigenvalue weighted by Crippen LogP contribution is 2.32. The second kappa shape index (κ2) is 11.5. The minimum atomic E-state index is 0.263. The van der Waals surface area contributed by atoms with E-state index in [1.165, 1.54) is 18.5 Å². The topological polar surface area (TPSA) is 78.0 Å². The van der Waals surface area contributed by atoms with Crippen molar-refractivity contribution >= 4 is 40.6 Å². The van der Waals surface area contributed by atoms with Gasteiger partial charge in [0, 0.05) is 57.6 Å². The molecule has 2 saturated heterocycles. The van der Waals surface area contributed by atoms with Crippen LogP contribution in [0.15, 0.2) is 54.6 Å².